The van der Waals surface area contributed by atoms with Gasteiger partial charge in [0.25, 0.3) is 0 Å². The first kappa shape index (κ1) is 15.3. The van der Waals surface area contributed by atoms with Gasteiger partial charge in [0.15, 0.2) is 0 Å². The van der Waals surface area contributed by atoms with Crippen LogP contribution in [0.5, 0.6) is 0 Å². The fraction of sp³-hybridized carbons (Fsp3) is 0.533. The normalized spacial score (nSPS) is 21.6. The molecule has 1 fully saturated rings. The first-order valence-corrected chi connectivity index (χ1v) is 7.26. The molecule has 21 heavy (non-hydrogen) atoms. The van der Waals surface area contributed by atoms with E-state index in [0.717, 1.165) is 25.0 Å². The van der Waals surface area contributed by atoms with Crippen molar-refractivity contribution in [3.8, 4) is 0 Å². The molecular formula is C15H21N3O3. The van der Waals surface area contributed by atoms with Crippen molar-refractivity contribution in [3.63, 3.8) is 0 Å². The number of pyridine rings is 1. The molecule has 114 valence electrons. The number of nitrogens with one attached hydrogen (secondary N) is 2. The van der Waals surface area contributed by atoms with E-state index in [2.05, 4.69) is 15.6 Å². The molecule has 0 radical (unpaired) electrons. The third kappa shape index (κ3) is 4.44. The Hall–Kier alpha value is -2.11. The Kier molecular flexibility index (Phi) is 5.14. The molecule has 1 aromatic heterocycles. The number of carboxylic acids is 1. The average molecular weight is 291 g/mol. The molecule has 1 heterocycles. The molecule has 1 saturated carbocycles. The Bertz CT molecular complexity index is 501. The Morgan fingerprint density at radius 1 is 1.33 bits per heavy atom. The Morgan fingerprint density at radius 2 is 2.10 bits per heavy atom. The first-order chi connectivity index (χ1) is 10.1. The minimum Gasteiger partial charge on any atom is -0.481 e. The smallest absolute Gasteiger partial charge is 0.319 e. The van der Waals surface area contributed by atoms with Crippen molar-refractivity contribution >= 4 is 17.7 Å². The highest BCUT2D eigenvalue weighted by Gasteiger charge is 2.30. The molecule has 1 aliphatic rings. The maximum Gasteiger partial charge on any atom is 0.319 e. The number of hydrogen-bond donors (Lipinski definition) is 3. The van der Waals surface area contributed by atoms with E-state index >= 15 is 0 Å². The third-order valence-corrected chi connectivity index (χ3v) is 3.92. The van der Waals surface area contributed by atoms with Crippen molar-refractivity contribution in [1.29, 1.82) is 0 Å². The van der Waals surface area contributed by atoms with Crippen LogP contribution in [0.3, 0.4) is 0 Å². The third-order valence-electron chi connectivity index (χ3n) is 3.92. The fourth-order valence-corrected chi connectivity index (χ4v) is 2.72. The van der Waals surface area contributed by atoms with Gasteiger partial charge >= 0.3 is 12.0 Å². The largest absolute Gasteiger partial charge is 0.481 e. The number of aromatic nitrogens is 1. The van der Waals surface area contributed by atoms with Crippen LogP contribution in [0.1, 0.15) is 31.4 Å². The molecular weight excluding hydrogens is 270 g/mol. The molecule has 2 amide bonds. The van der Waals surface area contributed by atoms with Gasteiger partial charge in [-0.1, -0.05) is 12.8 Å². The lowest BCUT2D eigenvalue weighted by atomic mass is 9.79. The van der Waals surface area contributed by atoms with Crippen LogP contribution in [0.2, 0.25) is 0 Å². The summed E-state index contributed by atoms with van der Waals surface area (Å²) in [5, 5.41) is 14.7. The Labute approximate surface area is 124 Å². The van der Waals surface area contributed by atoms with E-state index in [0.29, 0.717) is 18.7 Å². The summed E-state index contributed by atoms with van der Waals surface area (Å²) in [5.74, 6) is -1.09. The van der Waals surface area contributed by atoms with Gasteiger partial charge < -0.3 is 15.7 Å². The highest BCUT2D eigenvalue weighted by Crippen LogP contribution is 2.29. The van der Waals surface area contributed by atoms with E-state index in [1.165, 1.54) is 0 Å². The Morgan fingerprint density at radius 3 is 2.76 bits per heavy atom. The van der Waals surface area contributed by atoms with Crippen LogP contribution < -0.4 is 10.6 Å². The van der Waals surface area contributed by atoms with Crippen LogP contribution in [0.25, 0.3) is 0 Å². The summed E-state index contributed by atoms with van der Waals surface area (Å²) >= 11 is 0. The Balaban J connectivity index is 1.82. The topological polar surface area (TPSA) is 91.3 Å². The molecule has 6 heteroatoms. The van der Waals surface area contributed by atoms with Gasteiger partial charge in [-0.25, -0.2) is 4.79 Å². The number of carbonyl (C=O) groups is 2. The summed E-state index contributed by atoms with van der Waals surface area (Å²) in [6, 6.07) is 3.27. The molecule has 2 unspecified atom stereocenters. The number of anilines is 1. The first-order valence-electron chi connectivity index (χ1n) is 7.26. The zero-order chi connectivity index (χ0) is 15.2. The van der Waals surface area contributed by atoms with E-state index in [1.807, 2.05) is 13.0 Å². The van der Waals surface area contributed by atoms with Crippen molar-refractivity contribution < 1.29 is 14.7 Å². The summed E-state index contributed by atoms with van der Waals surface area (Å²) < 4.78 is 0. The van der Waals surface area contributed by atoms with Gasteiger partial charge in [-0.2, -0.15) is 0 Å². The SMILES string of the molecule is Cc1ccc(NC(=O)NCC2CCCCC2C(=O)O)cn1. The fourth-order valence-electron chi connectivity index (χ4n) is 2.72. The van der Waals surface area contributed by atoms with E-state index in [4.69, 9.17) is 0 Å². The van der Waals surface area contributed by atoms with E-state index in [-0.39, 0.29) is 17.9 Å². The number of hydrogen-bond acceptors (Lipinski definition) is 3. The van der Waals surface area contributed by atoms with Gasteiger partial charge in [0.1, 0.15) is 0 Å². The van der Waals surface area contributed by atoms with Crippen LogP contribution in [0, 0.1) is 18.8 Å². The summed E-state index contributed by atoms with van der Waals surface area (Å²) in [6.45, 7) is 2.26. The van der Waals surface area contributed by atoms with Crippen LogP contribution in [-0.2, 0) is 4.79 Å². The zero-order valence-corrected chi connectivity index (χ0v) is 12.1. The quantitative estimate of drug-likeness (QED) is 0.794. The van der Waals surface area contributed by atoms with E-state index < -0.39 is 5.97 Å². The number of urea groups is 1. The lowest BCUT2D eigenvalue weighted by Crippen LogP contribution is -2.38. The highest BCUT2D eigenvalue weighted by molar-refractivity contribution is 5.89. The second-order valence-electron chi connectivity index (χ2n) is 5.51. The van der Waals surface area contributed by atoms with Crippen molar-refractivity contribution in [2.75, 3.05) is 11.9 Å². The molecule has 1 aromatic rings. The molecule has 0 aliphatic heterocycles. The van der Waals surface area contributed by atoms with Crippen molar-refractivity contribution in [1.82, 2.24) is 10.3 Å². The predicted molar refractivity (Wildman–Crippen MR) is 79.1 cm³/mol. The van der Waals surface area contributed by atoms with Crippen molar-refractivity contribution in [2.45, 2.75) is 32.6 Å². The number of amides is 2. The van der Waals surface area contributed by atoms with Crippen molar-refractivity contribution in [3.05, 3.63) is 24.0 Å². The number of aliphatic carboxylic acids is 1. The number of carboxylic acid groups (broad SMARTS) is 1. The minimum absolute atomic E-state index is 0.0122. The summed E-state index contributed by atoms with van der Waals surface area (Å²) in [4.78, 5) is 27.1. The van der Waals surface area contributed by atoms with Crippen LogP contribution >= 0.6 is 0 Å². The van der Waals surface area contributed by atoms with Crippen LogP contribution in [-0.4, -0.2) is 28.6 Å². The molecule has 1 aliphatic carbocycles. The molecule has 3 N–H and O–H groups in total. The summed E-state index contributed by atoms with van der Waals surface area (Å²) in [6.07, 6.45) is 5.12. The van der Waals surface area contributed by atoms with Gasteiger partial charge in [0.2, 0.25) is 0 Å². The number of carbonyl (C=O) groups excluding carboxylic acids is 1. The molecule has 0 spiro atoms. The monoisotopic (exact) mass is 291 g/mol. The maximum absolute atomic E-state index is 11.8. The van der Waals surface area contributed by atoms with Gasteiger partial charge in [-0.15, -0.1) is 0 Å². The number of nitrogens with zero attached hydrogens (tertiary/aromatic N) is 1. The molecule has 0 saturated heterocycles. The van der Waals surface area contributed by atoms with Gasteiger partial charge in [-0.3, -0.25) is 9.78 Å². The minimum atomic E-state index is -0.760. The summed E-state index contributed by atoms with van der Waals surface area (Å²) in [5.41, 5.74) is 1.50. The van der Waals surface area contributed by atoms with Gasteiger partial charge in [0, 0.05) is 12.2 Å². The second-order valence-corrected chi connectivity index (χ2v) is 5.51. The lowest BCUT2D eigenvalue weighted by molar-refractivity contribution is -0.144. The van der Waals surface area contributed by atoms with E-state index in [9.17, 15) is 14.7 Å². The number of rotatable bonds is 4. The number of aryl methyl sites for hydroxylation is 1. The van der Waals surface area contributed by atoms with Gasteiger partial charge in [-0.05, 0) is 37.8 Å². The maximum atomic E-state index is 11.8. The lowest BCUT2D eigenvalue weighted by Gasteiger charge is -2.28. The summed E-state index contributed by atoms with van der Waals surface area (Å²) in [7, 11) is 0. The molecule has 0 bridgehead atoms. The van der Waals surface area contributed by atoms with Crippen molar-refractivity contribution in [2.24, 2.45) is 11.8 Å². The highest BCUT2D eigenvalue weighted by atomic mass is 16.4. The zero-order valence-electron chi connectivity index (χ0n) is 12.1. The molecule has 2 atom stereocenters. The predicted octanol–water partition coefficient (Wildman–Crippen LogP) is 2.40. The van der Waals surface area contributed by atoms with Crippen LogP contribution in [0.15, 0.2) is 18.3 Å². The standard InChI is InChI=1S/C15H21N3O3/c1-10-6-7-12(9-16-10)18-15(21)17-8-11-4-2-3-5-13(11)14(19)20/h6-7,9,11,13H,2-5,8H2,1H3,(H,19,20)(H2,17,18,21). The van der Waals surface area contributed by atoms with E-state index in [1.54, 1.807) is 12.3 Å². The molecule has 0 aromatic carbocycles. The van der Waals surface area contributed by atoms with Gasteiger partial charge in [0.05, 0.1) is 17.8 Å². The molecule has 2 rings (SSSR count). The van der Waals surface area contributed by atoms with Crippen LogP contribution in [0.4, 0.5) is 10.5 Å². The second kappa shape index (κ2) is 7.06. The molecule has 6 nitrogen and oxygen atoms in total. The average Bonchev–Trinajstić information content (AvgIpc) is 2.48.